The van der Waals surface area contributed by atoms with E-state index in [1.54, 1.807) is 0 Å². The maximum Gasteiger partial charge on any atom is 0.162 e. The maximum atomic E-state index is 13.6. The van der Waals surface area contributed by atoms with E-state index in [2.05, 4.69) is 13.8 Å². The maximum absolute atomic E-state index is 13.6. The molecule has 0 radical (unpaired) electrons. The zero-order valence-electron chi connectivity index (χ0n) is 11.6. The van der Waals surface area contributed by atoms with Crippen LogP contribution in [-0.4, -0.2) is 5.11 Å². The van der Waals surface area contributed by atoms with Gasteiger partial charge in [0.25, 0.3) is 0 Å². The first-order valence-electron chi connectivity index (χ1n) is 6.70. The van der Waals surface area contributed by atoms with Gasteiger partial charge in [-0.05, 0) is 28.7 Å². The van der Waals surface area contributed by atoms with Crippen molar-refractivity contribution in [1.82, 2.24) is 0 Å². The van der Waals surface area contributed by atoms with E-state index in [0.29, 0.717) is 11.5 Å². The Bertz CT molecular complexity index is 576. The summed E-state index contributed by atoms with van der Waals surface area (Å²) >= 11 is 0. The fraction of sp³-hybridized carbons (Fsp3) is 0.294. The van der Waals surface area contributed by atoms with Crippen LogP contribution in [0, 0.1) is 11.6 Å². The van der Waals surface area contributed by atoms with Crippen LogP contribution in [0.25, 0.3) is 0 Å². The third-order valence-corrected chi connectivity index (χ3v) is 3.43. The van der Waals surface area contributed by atoms with Gasteiger partial charge in [0.05, 0.1) is 6.10 Å². The first kappa shape index (κ1) is 14.7. The van der Waals surface area contributed by atoms with Crippen molar-refractivity contribution in [3.8, 4) is 0 Å². The Hall–Kier alpha value is -1.74. The summed E-state index contributed by atoms with van der Waals surface area (Å²) in [6.07, 6.45) is -0.780. The molecule has 0 aliphatic heterocycles. The van der Waals surface area contributed by atoms with Crippen molar-refractivity contribution >= 4 is 0 Å². The van der Waals surface area contributed by atoms with Gasteiger partial charge in [-0.1, -0.05) is 50.2 Å². The molecule has 106 valence electrons. The summed E-state index contributed by atoms with van der Waals surface area (Å²) < 4.78 is 26.7. The second-order valence-electron chi connectivity index (χ2n) is 5.25. The van der Waals surface area contributed by atoms with Crippen LogP contribution in [0.4, 0.5) is 8.78 Å². The number of aliphatic hydroxyl groups excluding tert-OH is 1. The summed E-state index contributed by atoms with van der Waals surface area (Å²) in [4.78, 5) is 0. The molecule has 0 aromatic heterocycles. The molecule has 0 aliphatic carbocycles. The van der Waals surface area contributed by atoms with E-state index in [0.717, 1.165) is 6.07 Å². The van der Waals surface area contributed by atoms with Crippen LogP contribution in [0.15, 0.2) is 42.5 Å². The van der Waals surface area contributed by atoms with E-state index in [1.807, 2.05) is 24.3 Å². The summed E-state index contributed by atoms with van der Waals surface area (Å²) in [5.41, 5.74) is 2.07. The number of rotatable bonds is 4. The van der Waals surface area contributed by atoms with Crippen LogP contribution in [-0.2, 0) is 6.42 Å². The van der Waals surface area contributed by atoms with Crippen LogP contribution < -0.4 is 0 Å². The fourth-order valence-electron chi connectivity index (χ4n) is 2.14. The molecule has 0 amide bonds. The van der Waals surface area contributed by atoms with Gasteiger partial charge in [0.15, 0.2) is 11.6 Å². The highest BCUT2D eigenvalue weighted by Crippen LogP contribution is 2.23. The lowest BCUT2D eigenvalue weighted by Crippen LogP contribution is -2.05. The van der Waals surface area contributed by atoms with Crippen LogP contribution in [0.1, 0.15) is 42.6 Å². The van der Waals surface area contributed by atoms with E-state index in [9.17, 15) is 13.9 Å². The van der Waals surface area contributed by atoms with Gasteiger partial charge in [-0.15, -0.1) is 0 Å². The van der Waals surface area contributed by atoms with Crippen LogP contribution in [0.2, 0.25) is 0 Å². The molecule has 1 atom stereocenters. The average Bonchev–Trinajstić information content (AvgIpc) is 2.44. The minimum absolute atomic E-state index is 0.0601. The number of halogens is 2. The minimum atomic E-state index is -0.884. The molecule has 0 saturated heterocycles. The first-order valence-corrected chi connectivity index (χ1v) is 6.70. The number of hydrogen-bond donors (Lipinski definition) is 1. The normalized spacial score (nSPS) is 12.7. The molecular formula is C17H18F2O. The van der Waals surface area contributed by atoms with E-state index in [1.165, 1.54) is 17.7 Å². The average molecular weight is 276 g/mol. The molecule has 0 heterocycles. The van der Waals surface area contributed by atoms with Crippen molar-refractivity contribution in [2.24, 2.45) is 0 Å². The van der Waals surface area contributed by atoms with Crippen molar-refractivity contribution < 1.29 is 13.9 Å². The molecular weight excluding hydrogens is 258 g/mol. The monoisotopic (exact) mass is 276 g/mol. The fourth-order valence-corrected chi connectivity index (χ4v) is 2.14. The van der Waals surface area contributed by atoms with Gasteiger partial charge in [-0.2, -0.15) is 0 Å². The van der Waals surface area contributed by atoms with Crippen LogP contribution >= 0.6 is 0 Å². The van der Waals surface area contributed by atoms with E-state index in [-0.39, 0.29) is 12.0 Å². The molecule has 0 fully saturated rings. The molecule has 1 N–H and O–H groups in total. The Balaban J connectivity index is 2.15. The second-order valence-corrected chi connectivity index (χ2v) is 5.25. The van der Waals surface area contributed by atoms with Crippen LogP contribution in [0.5, 0.6) is 0 Å². The Morgan fingerprint density at radius 1 is 0.950 bits per heavy atom. The second kappa shape index (κ2) is 6.14. The molecule has 0 aliphatic rings. The predicted octanol–water partition coefficient (Wildman–Crippen LogP) is 4.36. The number of hydrogen-bond acceptors (Lipinski definition) is 1. The van der Waals surface area contributed by atoms with E-state index < -0.39 is 17.7 Å². The highest BCUT2D eigenvalue weighted by Gasteiger charge is 2.14. The number of aliphatic hydroxyl groups is 1. The molecule has 2 aromatic rings. The van der Waals surface area contributed by atoms with Gasteiger partial charge in [0.2, 0.25) is 0 Å². The summed E-state index contributed by atoms with van der Waals surface area (Å²) in [7, 11) is 0. The van der Waals surface area contributed by atoms with Crippen molar-refractivity contribution in [3.05, 3.63) is 70.8 Å². The summed E-state index contributed by atoms with van der Waals surface area (Å²) in [5, 5.41) is 10.1. The van der Waals surface area contributed by atoms with Crippen molar-refractivity contribution in [1.29, 1.82) is 0 Å². The SMILES string of the molecule is CC(C)c1ccc(C(O)Cc2cccc(F)c2F)cc1. The van der Waals surface area contributed by atoms with Crippen molar-refractivity contribution in [3.63, 3.8) is 0 Å². The Labute approximate surface area is 117 Å². The largest absolute Gasteiger partial charge is 0.388 e. The van der Waals surface area contributed by atoms with Gasteiger partial charge < -0.3 is 5.11 Å². The Morgan fingerprint density at radius 3 is 2.15 bits per heavy atom. The predicted molar refractivity (Wildman–Crippen MR) is 75.6 cm³/mol. The molecule has 0 bridgehead atoms. The van der Waals surface area contributed by atoms with Crippen LogP contribution in [0.3, 0.4) is 0 Å². The molecule has 1 nitrogen and oxygen atoms in total. The third-order valence-electron chi connectivity index (χ3n) is 3.43. The van der Waals surface area contributed by atoms with Gasteiger partial charge in [0, 0.05) is 6.42 Å². The molecule has 2 rings (SSSR count). The molecule has 20 heavy (non-hydrogen) atoms. The molecule has 3 heteroatoms. The smallest absolute Gasteiger partial charge is 0.162 e. The zero-order valence-corrected chi connectivity index (χ0v) is 11.6. The van der Waals surface area contributed by atoms with Gasteiger partial charge >= 0.3 is 0 Å². The first-order chi connectivity index (χ1) is 9.49. The lowest BCUT2D eigenvalue weighted by molar-refractivity contribution is 0.177. The van der Waals surface area contributed by atoms with E-state index in [4.69, 9.17) is 0 Å². The lowest BCUT2D eigenvalue weighted by Gasteiger charge is -2.13. The van der Waals surface area contributed by atoms with Crippen molar-refractivity contribution in [2.75, 3.05) is 0 Å². The molecule has 1 unspecified atom stereocenters. The zero-order chi connectivity index (χ0) is 14.7. The highest BCUT2D eigenvalue weighted by molar-refractivity contribution is 5.28. The highest BCUT2D eigenvalue weighted by atomic mass is 19.2. The molecule has 0 spiro atoms. The number of benzene rings is 2. The van der Waals surface area contributed by atoms with Gasteiger partial charge in [-0.3, -0.25) is 0 Å². The summed E-state index contributed by atoms with van der Waals surface area (Å²) in [6, 6.07) is 11.6. The van der Waals surface area contributed by atoms with E-state index >= 15 is 0 Å². The lowest BCUT2D eigenvalue weighted by atomic mass is 9.97. The standard InChI is InChI=1S/C17H18F2O/c1-11(2)12-6-8-13(9-7-12)16(20)10-14-4-3-5-15(18)17(14)19/h3-9,11,16,20H,10H2,1-2H3. The topological polar surface area (TPSA) is 20.2 Å². The van der Waals surface area contributed by atoms with Crippen molar-refractivity contribution in [2.45, 2.75) is 32.3 Å². The molecule has 0 saturated carbocycles. The Morgan fingerprint density at radius 2 is 1.55 bits per heavy atom. The van der Waals surface area contributed by atoms with Gasteiger partial charge in [-0.25, -0.2) is 8.78 Å². The Kier molecular flexibility index (Phi) is 4.50. The molecule has 2 aromatic carbocycles. The summed E-state index contributed by atoms with van der Waals surface area (Å²) in [5.74, 6) is -1.35. The quantitative estimate of drug-likeness (QED) is 0.879. The minimum Gasteiger partial charge on any atom is -0.388 e. The summed E-state index contributed by atoms with van der Waals surface area (Å²) in [6.45, 7) is 4.18. The van der Waals surface area contributed by atoms with Gasteiger partial charge in [0.1, 0.15) is 0 Å². The third kappa shape index (κ3) is 3.23.